The molecule has 20 heavy (non-hydrogen) atoms. The van der Waals surface area contributed by atoms with Crippen LogP contribution in [0.1, 0.15) is 20.8 Å². The van der Waals surface area contributed by atoms with E-state index in [1.54, 1.807) is 0 Å². The van der Waals surface area contributed by atoms with Crippen LogP contribution in [0.5, 0.6) is 5.88 Å². The van der Waals surface area contributed by atoms with Gasteiger partial charge in [-0.1, -0.05) is 0 Å². The number of hydrogen-bond acceptors (Lipinski definition) is 3. The van der Waals surface area contributed by atoms with E-state index in [-0.39, 0.29) is 22.2 Å². The third-order valence-electron chi connectivity index (χ3n) is 2.44. The largest absolute Gasteiger partial charge is 0.493 e. The predicted octanol–water partition coefficient (Wildman–Crippen LogP) is 3.77. The van der Waals surface area contributed by atoms with Crippen LogP contribution in [0, 0.1) is 5.82 Å². The Morgan fingerprint density at radius 1 is 1.40 bits per heavy atom. The smallest absolute Gasteiger partial charge is 0.218 e. The molecule has 1 aromatic heterocycles. The number of hydrogen-bond donors (Lipinski definition) is 3. The van der Waals surface area contributed by atoms with Crippen molar-refractivity contribution in [2.45, 2.75) is 26.3 Å². The van der Waals surface area contributed by atoms with E-state index in [4.69, 9.17) is 12.2 Å². The number of H-pyrrole nitrogens is 1. The standard InChI is InChI=1S/C13H15FN4OS/c1-13(2,3)16-12(20)18-17-10-8-5-4-7(14)6-9(8)15-11(10)19/h4-6,15,19H,1-3H3,(H,16,20). The Bertz CT molecular complexity index is 687. The first-order valence-corrected chi connectivity index (χ1v) is 6.41. The fourth-order valence-electron chi connectivity index (χ4n) is 1.68. The Morgan fingerprint density at radius 2 is 2.10 bits per heavy atom. The van der Waals surface area contributed by atoms with Crippen molar-refractivity contribution in [1.29, 1.82) is 0 Å². The molecule has 2 rings (SSSR count). The van der Waals surface area contributed by atoms with E-state index in [1.165, 1.54) is 18.2 Å². The lowest BCUT2D eigenvalue weighted by atomic mass is 10.1. The maximum Gasteiger partial charge on any atom is 0.218 e. The van der Waals surface area contributed by atoms with Crippen LogP contribution in [0.4, 0.5) is 10.1 Å². The lowest BCUT2D eigenvalue weighted by molar-refractivity contribution is 0.459. The molecule has 0 radical (unpaired) electrons. The van der Waals surface area contributed by atoms with Crippen molar-refractivity contribution >= 4 is 33.9 Å². The molecule has 5 nitrogen and oxygen atoms in total. The molecule has 0 spiro atoms. The molecule has 106 valence electrons. The number of halogens is 1. The van der Waals surface area contributed by atoms with Crippen LogP contribution in [0.15, 0.2) is 28.4 Å². The number of aromatic hydroxyl groups is 1. The molecule has 0 saturated heterocycles. The summed E-state index contributed by atoms with van der Waals surface area (Å²) < 4.78 is 13.1. The summed E-state index contributed by atoms with van der Waals surface area (Å²) in [7, 11) is 0. The van der Waals surface area contributed by atoms with Gasteiger partial charge >= 0.3 is 0 Å². The van der Waals surface area contributed by atoms with E-state index >= 15 is 0 Å². The Labute approximate surface area is 120 Å². The first-order chi connectivity index (χ1) is 9.26. The molecule has 2 aromatic rings. The Kier molecular flexibility index (Phi) is 3.71. The van der Waals surface area contributed by atoms with E-state index in [1.807, 2.05) is 20.8 Å². The van der Waals surface area contributed by atoms with Crippen LogP contribution in [-0.4, -0.2) is 20.7 Å². The highest BCUT2D eigenvalue weighted by atomic mass is 32.1. The zero-order valence-corrected chi connectivity index (χ0v) is 12.2. The summed E-state index contributed by atoms with van der Waals surface area (Å²) in [5.74, 6) is -0.569. The maximum atomic E-state index is 13.1. The first kappa shape index (κ1) is 14.4. The summed E-state index contributed by atoms with van der Waals surface area (Å²) in [4.78, 5) is 2.64. The van der Waals surface area contributed by atoms with Gasteiger partial charge in [-0.25, -0.2) is 4.39 Å². The van der Waals surface area contributed by atoms with E-state index in [0.29, 0.717) is 10.9 Å². The Hall–Kier alpha value is -2.02. The fourth-order valence-corrected chi connectivity index (χ4v) is 2.03. The Morgan fingerprint density at radius 3 is 2.75 bits per heavy atom. The van der Waals surface area contributed by atoms with Crippen LogP contribution >= 0.6 is 12.2 Å². The SMILES string of the molecule is CC(C)(C)NC(=S)N=Nc1c(O)[nH]c2cc(F)ccc12. The van der Waals surface area contributed by atoms with Gasteiger partial charge in [-0.05, 0) is 51.2 Å². The summed E-state index contributed by atoms with van der Waals surface area (Å²) >= 11 is 5.04. The van der Waals surface area contributed by atoms with Gasteiger partial charge in [0.25, 0.3) is 0 Å². The second-order valence-electron chi connectivity index (χ2n) is 5.39. The zero-order valence-electron chi connectivity index (χ0n) is 11.4. The maximum absolute atomic E-state index is 13.1. The molecule has 0 aliphatic carbocycles. The zero-order chi connectivity index (χ0) is 14.9. The molecule has 0 amide bonds. The van der Waals surface area contributed by atoms with Crippen LogP contribution < -0.4 is 5.32 Å². The average molecular weight is 294 g/mol. The number of benzene rings is 1. The summed E-state index contributed by atoms with van der Waals surface area (Å²) in [6.07, 6.45) is 0. The number of aromatic amines is 1. The van der Waals surface area contributed by atoms with Gasteiger partial charge in [0.05, 0.1) is 5.52 Å². The molecule has 0 bridgehead atoms. The van der Waals surface area contributed by atoms with Gasteiger partial charge in [0.1, 0.15) is 5.82 Å². The van der Waals surface area contributed by atoms with Gasteiger partial charge in [-0.15, -0.1) is 10.2 Å². The van der Waals surface area contributed by atoms with Crippen molar-refractivity contribution in [3.05, 3.63) is 24.0 Å². The highest BCUT2D eigenvalue weighted by Crippen LogP contribution is 2.35. The van der Waals surface area contributed by atoms with Gasteiger partial charge in [-0.3, -0.25) is 0 Å². The summed E-state index contributed by atoms with van der Waals surface area (Å²) in [6, 6.07) is 4.09. The minimum absolute atomic E-state index is 0.173. The molecule has 0 atom stereocenters. The molecule has 0 aliphatic rings. The monoisotopic (exact) mass is 294 g/mol. The number of nitrogens with one attached hydrogen (secondary N) is 2. The minimum Gasteiger partial charge on any atom is -0.493 e. The molecule has 3 N–H and O–H groups in total. The van der Waals surface area contributed by atoms with Crippen molar-refractivity contribution in [2.24, 2.45) is 10.2 Å². The molecular formula is C13H15FN4OS. The van der Waals surface area contributed by atoms with Gasteiger partial charge in [-0.2, -0.15) is 0 Å². The van der Waals surface area contributed by atoms with Crippen LogP contribution in [-0.2, 0) is 0 Å². The third kappa shape index (κ3) is 3.30. The number of rotatable bonds is 1. The molecule has 0 aliphatic heterocycles. The lowest BCUT2D eigenvalue weighted by Crippen LogP contribution is -2.38. The van der Waals surface area contributed by atoms with Crippen LogP contribution in [0.2, 0.25) is 0 Å². The summed E-state index contributed by atoms with van der Waals surface area (Å²) in [5, 5.41) is 21.3. The number of fused-ring (bicyclic) bond motifs is 1. The van der Waals surface area contributed by atoms with E-state index in [9.17, 15) is 9.50 Å². The number of aromatic nitrogens is 1. The van der Waals surface area contributed by atoms with E-state index in [0.717, 1.165) is 0 Å². The van der Waals surface area contributed by atoms with E-state index in [2.05, 4.69) is 20.5 Å². The number of azo groups is 1. The van der Waals surface area contributed by atoms with Crippen molar-refractivity contribution < 1.29 is 9.50 Å². The van der Waals surface area contributed by atoms with Crippen LogP contribution in [0.3, 0.4) is 0 Å². The fraction of sp³-hybridized carbons (Fsp3) is 0.308. The quantitative estimate of drug-likeness (QED) is 0.553. The summed E-state index contributed by atoms with van der Waals surface area (Å²) in [6.45, 7) is 5.84. The van der Waals surface area contributed by atoms with Crippen molar-refractivity contribution in [2.75, 3.05) is 0 Å². The molecule has 0 saturated carbocycles. The molecule has 1 heterocycles. The summed E-state index contributed by atoms with van der Waals surface area (Å²) in [5.41, 5.74) is 0.464. The second-order valence-corrected chi connectivity index (χ2v) is 5.78. The highest BCUT2D eigenvalue weighted by molar-refractivity contribution is 7.80. The molecule has 0 unspecified atom stereocenters. The van der Waals surface area contributed by atoms with Gasteiger partial charge in [0.2, 0.25) is 11.0 Å². The van der Waals surface area contributed by atoms with Crippen molar-refractivity contribution in [3.8, 4) is 5.88 Å². The van der Waals surface area contributed by atoms with Crippen LogP contribution in [0.25, 0.3) is 10.9 Å². The van der Waals surface area contributed by atoms with E-state index < -0.39 is 5.82 Å². The normalized spacial score (nSPS) is 12.2. The molecular weight excluding hydrogens is 279 g/mol. The molecule has 7 heteroatoms. The third-order valence-corrected chi connectivity index (χ3v) is 2.62. The Balaban J connectivity index is 2.30. The second kappa shape index (κ2) is 5.16. The van der Waals surface area contributed by atoms with Crippen molar-refractivity contribution in [1.82, 2.24) is 10.3 Å². The topological polar surface area (TPSA) is 72.8 Å². The van der Waals surface area contributed by atoms with Gasteiger partial charge in [0, 0.05) is 10.9 Å². The molecule has 1 aromatic carbocycles. The lowest BCUT2D eigenvalue weighted by Gasteiger charge is -2.19. The van der Waals surface area contributed by atoms with Gasteiger partial charge in [0.15, 0.2) is 5.69 Å². The first-order valence-electron chi connectivity index (χ1n) is 6.00. The highest BCUT2D eigenvalue weighted by Gasteiger charge is 2.13. The average Bonchev–Trinajstić information content (AvgIpc) is 2.59. The molecule has 0 fully saturated rings. The number of nitrogens with zero attached hydrogens (tertiary/aromatic N) is 2. The van der Waals surface area contributed by atoms with Gasteiger partial charge < -0.3 is 15.4 Å². The van der Waals surface area contributed by atoms with Crippen molar-refractivity contribution in [3.63, 3.8) is 0 Å². The number of thiocarbonyl (C=S) groups is 1. The predicted molar refractivity (Wildman–Crippen MR) is 79.9 cm³/mol. The minimum atomic E-state index is -0.396.